The third-order valence-electron chi connectivity index (χ3n) is 4.75. The van der Waals surface area contributed by atoms with E-state index in [2.05, 4.69) is 10.3 Å². The normalized spacial score (nSPS) is 14.5. The number of carbonyl (C=O) groups is 2. The van der Waals surface area contributed by atoms with Crippen LogP contribution in [-0.2, 0) is 16.1 Å². The van der Waals surface area contributed by atoms with Gasteiger partial charge in [-0.3, -0.25) is 14.5 Å². The predicted molar refractivity (Wildman–Crippen MR) is 131 cm³/mol. The first-order chi connectivity index (χ1) is 16.0. The third-order valence-corrected chi connectivity index (χ3v) is 5.94. The van der Waals surface area contributed by atoms with Crippen molar-refractivity contribution in [1.29, 1.82) is 0 Å². The average molecular weight is 480 g/mol. The van der Waals surface area contributed by atoms with Gasteiger partial charge in [-0.1, -0.05) is 65.8 Å². The first-order valence-corrected chi connectivity index (χ1v) is 11.5. The van der Waals surface area contributed by atoms with Crippen molar-refractivity contribution >= 4 is 52.1 Å². The van der Waals surface area contributed by atoms with Crippen molar-refractivity contribution in [3.63, 3.8) is 0 Å². The molecule has 0 spiro atoms. The number of nitrogens with zero attached hydrogens (tertiary/aromatic N) is 2. The lowest BCUT2D eigenvalue weighted by atomic mass is 10.2. The van der Waals surface area contributed by atoms with Gasteiger partial charge in [-0.2, -0.15) is 0 Å². The van der Waals surface area contributed by atoms with Crippen LogP contribution in [0.25, 0.3) is 6.08 Å². The number of nitrogens with one attached hydrogen (secondary N) is 1. The molecule has 4 rings (SSSR count). The Bertz CT molecular complexity index is 1210. The molecule has 1 heterocycles. The molecule has 5 nitrogen and oxygen atoms in total. The molecule has 1 aliphatic heterocycles. The molecule has 0 radical (unpaired) electrons. The lowest BCUT2D eigenvalue weighted by Crippen LogP contribution is -2.32. The standard InChI is InChI=1S/C25H19ClFN3O2S/c26-19-8-6-18(7-9-19)15-28-23(31)16-33-25-29-22(14-17-4-2-1-3-5-17)24(32)30(25)21-12-10-20(27)11-13-21/h1-14H,15-16H2,(H,28,31)/b22-14-. The molecule has 1 N–H and O–H groups in total. The van der Waals surface area contributed by atoms with Gasteiger partial charge in [0.05, 0.1) is 11.4 Å². The molecule has 0 fully saturated rings. The number of anilines is 1. The molecular weight excluding hydrogens is 461 g/mol. The summed E-state index contributed by atoms with van der Waals surface area (Å²) in [6.07, 6.45) is 1.69. The van der Waals surface area contributed by atoms with Crippen LogP contribution in [0.5, 0.6) is 0 Å². The van der Waals surface area contributed by atoms with E-state index in [4.69, 9.17) is 11.6 Å². The van der Waals surface area contributed by atoms with E-state index in [0.717, 1.165) is 22.9 Å². The smallest absolute Gasteiger partial charge is 0.283 e. The second kappa shape index (κ2) is 10.5. The lowest BCUT2D eigenvalue weighted by molar-refractivity contribution is -0.118. The van der Waals surface area contributed by atoms with Gasteiger partial charge in [-0.25, -0.2) is 9.38 Å². The molecule has 3 aromatic carbocycles. The van der Waals surface area contributed by atoms with Gasteiger partial charge in [0.1, 0.15) is 11.5 Å². The molecule has 3 aromatic rings. The molecule has 0 unspecified atom stereocenters. The molecule has 8 heteroatoms. The van der Waals surface area contributed by atoms with Crippen LogP contribution in [0.1, 0.15) is 11.1 Å². The lowest BCUT2D eigenvalue weighted by Gasteiger charge is -2.17. The van der Waals surface area contributed by atoms with Crippen LogP contribution in [0.15, 0.2) is 89.6 Å². The first kappa shape index (κ1) is 22.8. The highest BCUT2D eigenvalue weighted by atomic mass is 35.5. The number of benzene rings is 3. The number of carbonyl (C=O) groups excluding carboxylic acids is 2. The Labute approximate surface area is 200 Å². The minimum atomic E-state index is -0.404. The molecule has 0 atom stereocenters. The van der Waals surface area contributed by atoms with Crippen LogP contribution in [0.4, 0.5) is 10.1 Å². The van der Waals surface area contributed by atoms with Gasteiger partial charge in [0, 0.05) is 11.6 Å². The number of rotatable bonds is 6. The Hall–Kier alpha value is -3.42. The number of halogens is 2. The van der Waals surface area contributed by atoms with Crippen molar-refractivity contribution in [2.24, 2.45) is 4.99 Å². The van der Waals surface area contributed by atoms with Crippen LogP contribution in [-0.4, -0.2) is 22.7 Å². The van der Waals surface area contributed by atoms with Crippen LogP contribution >= 0.6 is 23.4 Å². The molecule has 33 heavy (non-hydrogen) atoms. The summed E-state index contributed by atoms with van der Waals surface area (Å²) < 4.78 is 13.4. The minimum absolute atomic E-state index is 0.0655. The number of amidine groups is 1. The van der Waals surface area contributed by atoms with E-state index in [-0.39, 0.29) is 23.3 Å². The number of amides is 2. The van der Waals surface area contributed by atoms with Crippen molar-refractivity contribution in [3.05, 3.63) is 107 Å². The highest BCUT2D eigenvalue weighted by molar-refractivity contribution is 8.14. The molecule has 0 aromatic heterocycles. The molecule has 0 aliphatic carbocycles. The molecule has 0 saturated heterocycles. The van der Waals surface area contributed by atoms with Gasteiger partial charge in [0.15, 0.2) is 5.17 Å². The summed E-state index contributed by atoms with van der Waals surface area (Å²) in [4.78, 5) is 31.4. The summed E-state index contributed by atoms with van der Waals surface area (Å²) in [5.41, 5.74) is 2.48. The zero-order chi connectivity index (χ0) is 23.2. The second-order valence-corrected chi connectivity index (χ2v) is 8.52. The first-order valence-electron chi connectivity index (χ1n) is 10.1. The second-order valence-electron chi connectivity index (χ2n) is 7.14. The quantitative estimate of drug-likeness (QED) is 0.490. The summed E-state index contributed by atoms with van der Waals surface area (Å²) in [5.74, 6) is -0.881. The zero-order valence-corrected chi connectivity index (χ0v) is 18.9. The topological polar surface area (TPSA) is 61.8 Å². The summed E-state index contributed by atoms with van der Waals surface area (Å²) in [6, 6.07) is 22.1. The predicted octanol–water partition coefficient (Wildman–Crippen LogP) is 5.27. The number of aliphatic imine (C=N–C) groups is 1. The summed E-state index contributed by atoms with van der Waals surface area (Å²) in [5, 5.41) is 3.83. The monoisotopic (exact) mass is 479 g/mol. The van der Waals surface area contributed by atoms with E-state index in [1.807, 2.05) is 42.5 Å². The van der Waals surface area contributed by atoms with E-state index >= 15 is 0 Å². The third kappa shape index (κ3) is 5.88. The van der Waals surface area contributed by atoms with Gasteiger partial charge in [0.2, 0.25) is 5.91 Å². The van der Waals surface area contributed by atoms with Crippen molar-refractivity contribution < 1.29 is 14.0 Å². The van der Waals surface area contributed by atoms with Crippen LogP contribution in [0.3, 0.4) is 0 Å². The fraction of sp³-hybridized carbons (Fsp3) is 0.0800. The fourth-order valence-corrected chi connectivity index (χ4v) is 4.07. The van der Waals surface area contributed by atoms with Crippen LogP contribution in [0, 0.1) is 5.82 Å². The van der Waals surface area contributed by atoms with Gasteiger partial charge in [-0.05, 0) is 53.6 Å². The summed E-state index contributed by atoms with van der Waals surface area (Å²) in [6.45, 7) is 0.364. The maximum atomic E-state index is 13.4. The van der Waals surface area contributed by atoms with E-state index < -0.39 is 5.82 Å². The Morgan fingerprint density at radius 3 is 2.42 bits per heavy atom. The van der Waals surface area contributed by atoms with Crippen molar-refractivity contribution in [2.45, 2.75) is 6.54 Å². The Morgan fingerprint density at radius 1 is 1.03 bits per heavy atom. The SMILES string of the molecule is O=C(CSC1=N/C(=C\c2ccccc2)C(=O)N1c1ccc(F)cc1)NCc1ccc(Cl)cc1. The van der Waals surface area contributed by atoms with Crippen molar-refractivity contribution in [3.8, 4) is 0 Å². The van der Waals surface area contributed by atoms with Gasteiger partial charge >= 0.3 is 0 Å². The largest absolute Gasteiger partial charge is 0.351 e. The Kier molecular flexibility index (Phi) is 7.22. The number of hydrogen-bond acceptors (Lipinski definition) is 4. The van der Waals surface area contributed by atoms with E-state index in [9.17, 15) is 14.0 Å². The van der Waals surface area contributed by atoms with E-state index in [0.29, 0.717) is 22.4 Å². The van der Waals surface area contributed by atoms with Gasteiger partial charge in [0.25, 0.3) is 5.91 Å². The van der Waals surface area contributed by atoms with Crippen LogP contribution in [0.2, 0.25) is 5.02 Å². The van der Waals surface area contributed by atoms with E-state index in [1.165, 1.54) is 29.2 Å². The molecular formula is C25H19ClFN3O2S. The zero-order valence-electron chi connectivity index (χ0n) is 17.4. The number of thioether (sulfide) groups is 1. The average Bonchev–Trinajstić information content (AvgIpc) is 3.13. The van der Waals surface area contributed by atoms with Gasteiger partial charge < -0.3 is 5.32 Å². The van der Waals surface area contributed by atoms with Crippen molar-refractivity contribution in [2.75, 3.05) is 10.7 Å². The molecule has 0 saturated carbocycles. The maximum absolute atomic E-state index is 13.4. The Morgan fingerprint density at radius 2 is 1.73 bits per heavy atom. The highest BCUT2D eigenvalue weighted by Crippen LogP contribution is 2.29. The number of hydrogen-bond donors (Lipinski definition) is 1. The molecule has 0 bridgehead atoms. The molecule has 1 aliphatic rings. The minimum Gasteiger partial charge on any atom is -0.351 e. The molecule has 2 amide bonds. The highest BCUT2D eigenvalue weighted by Gasteiger charge is 2.32. The van der Waals surface area contributed by atoms with Crippen LogP contribution < -0.4 is 10.2 Å². The Balaban J connectivity index is 1.49. The summed E-state index contributed by atoms with van der Waals surface area (Å²) >= 11 is 7.03. The van der Waals surface area contributed by atoms with Crippen molar-refractivity contribution in [1.82, 2.24) is 5.32 Å². The fourth-order valence-electron chi connectivity index (χ4n) is 3.10. The van der Waals surface area contributed by atoms with Gasteiger partial charge in [-0.15, -0.1) is 0 Å². The summed E-state index contributed by atoms with van der Waals surface area (Å²) in [7, 11) is 0. The maximum Gasteiger partial charge on any atom is 0.283 e. The molecule has 166 valence electrons. The van der Waals surface area contributed by atoms with E-state index in [1.54, 1.807) is 18.2 Å².